The third-order valence-electron chi connectivity index (χ3n) is 6.42. The number of amides is 2. The second kappa shape index (κ2) is 9.48. The van der Waals surface area contributed by atoms with Crippen LogP contribution < -0.4 is 9.47 Å². The summed E-state index contributed by atoms with van der Waals surface area (Å²) in [6.07, 6.45) is -0.860. The zero-order chi connectivity index (χ0) is 24.5. The highest BCUT2D eigenvalue weighted by Crippen LogP contribution is 2.45. The van der Waals surface area contributed by atoms with E-state index in [1.807, 2.05) is 36.4 Å². The first-order valence-corrected chi connectivity index (χ1v) is 11.3. The maximum absolute atomic E-state index is 13.4. The van der Waals surface area contributed by atoms with Gasteiger partial charge in [-0.2, -0.15) is 5.06 Å². The van der Waals surface area contributed by atoms with E-state index in [-0.39, 0.29) is 30.8 Å². The van der Waals surface area contributed by atoms with Gasteiger partial charge in [-0.25, -0.2) is 4.39 Å². The second-order valence-electron chi connectivity index (χ2n) is 8.62. The molecule has 0 N–H and O–H groups in total. The highest BCUT2D eigenvalue weighted by atomic mass is 19.1. The summed E-state index contributed by atoms with van der Waals surface area (Å²) < 4.78 is 24.6. The predicted octanol–water partition coefficient (Wildman–Crippen LogP) is 3.89. The lowest BCUT2D eigenvalue weighted by Crippen LogP contribution is -2.35. The molecule has 180 valence electrons. The normalized spacial score (nSPS) is 21.9. The third-order valence-corrected chi connectivity index (χ3v) is 6.42. The molecule has 0 saturated carbocycles. The van der Waals surface area contributed by atoms with Crippen LogP contribution in [0, 0.1) is 11.7 Å². The number of benzene rings is 3. The van der Waals surface area contributed by atoms with Crippen LogP contribution in [0.5, 0.6) is 11.5 Å². The van der Waals surface area contributed by atoms with Gasteiger partial charge in [0.1, 0.15) is 12.4 Å². The number of methoxy groups -OCH3 is 1. The minimum atomic E-state index is -0.860. The minimum Gasteiger partial charge on any atom is -0.493 e. The van der Waals surface area contributed by atoms with Crippen LogP contribution in [0.4, 0.5) is 4.39 Å². The summed E-state index contributed by atoms with van der Waals surface area (Å²) in [6, 6.07) is 20.4. The fourth-order valence-electron chi connectivity index (χ4n) is 4.68. The number of hydrogen-bond donors (Lipinski definition) is 0. The molecule has 35 heavy (non-hydrogen) atoms. The van der Waals surface area contributed by atoms with Crippen LogP contribution in [0.25, 0.3) is 0 Å². The SMILES string of the molecule is COc1cc([C@@H]2[C@H]3C(=O)N(Cc4ccccc4)C(=O)[C@H]3ON2C)ccc1OCc1ccc(F)cc1. The molecule has 8 heteroatoms. The number of imide groups is 1. The Morgan fingerprint density at radius 1 is 0.914 bits per heavy atom. The molecule has 0 bridgehead atoms. The van der Waals surface area contributed by atoms with Crippen LogP contribution >= 0.6 is 0 Å². The van der Waals surface area contributed by atoms with Gasteiger partial charge >= 0.3 is 0 Å². The Morgan fingerprint density at radius 2 is 1.66 bits per heavy atom. The van der Waals surface area contributed by atoms with Crippen LogP contribution in [-0.2, 0) is 27.6 Å². The van der Waals surface area contributed by atoms with E-state index >= 15 is 0 Å². The molecule has 3 aromatic carbocycles. The van der Waals surface area contributed by atoms with E-state index in [2.05, 4.69) is 0 Å². The molecule has 0 aliphatic carbocycles. The third kappa shape index (κ3) is 4.38. The summed E-state index contributed by atoms with van der Waals surface area (Å²) in [5, 5.41) is 1.57. The average Bonchev–Trinajstić information content (AvgIpc) is 3.33. The Labute approximate surface area is 202 Å². The van der Waals surface area contributed by atoms with E-state index in [0.717, 1.165) is 16.7 Å². The minimum absolute atomic E-state index is 0.213. The first-order valence-electron chi connectivity index (χ1n) is 11.3. The summed E-state index contributed by atoms with van der Waals surface area (Å²) in [4.78, 5) is 33.5. The quantitative estimate of drug-likeness (QED) is 0.482. The lowest BCUT2D eigenvalue weighted by Gasteiger charge is -2.25. The molecule has 2 aliphatic heterocycles. The molecule has 2 fully saturated rings. The van der Waals surface area contributed by atoms with Crippen LogP contribution in [0.2, 0.25) is 0 Å². The number of carbonyl (C=O) groups is 2. The zero-order valence-corrected chi connectivity index (χ0v) is 19.4. The number of rotatable bonds is 7. The smallest absolute Gasteiger partial charge is 0.261 e. The number of ether oxygens (including phenoxy) is 2. The van der Waals surface area contributed by atoms with Crippen molar-refractivity contribution in [3.05, 3.63) is 95.3 Å². The van der Waals surface area contributed by atoms with Gasteiger partial charge in [0, 0.05) is 7.05 Å². The monoisotopic (exact) mass is 476 g/mol. The molecule has 7 nitrogen and oxygen atoms in total. The van der Waals surface area contributed by atoms with Gasteiger partial charge in [-0.1, -0.05) is 48.5 Å². The van der Waals surface area contributed by atoms with Gasteiger partial charge in [-0.05, 0) is 41.0 Å². The second-order valence-corrected chi connectivity index (χ2v) is 8.62. The van der Waals surface area contributed by atoms with Gasteiger partial charge in [0.05, 0.1) is 25.6 Å². The summed E-state index contributed by atoms with van der Waals surface area (Å²) >= 11 is 0. The summed E-state index contributed by atoms with van der Waals surface area (Å²) in [5.41, 5.74) is 2.47. The van der Waals surface area contributed by atoms with Crippen LogP contribution in [-0.4, -0.2) is 42.0 Å². The maximum Gasteiger partial charge on any atom is 0.261 e. The number of halogens is 1. The van der Waals surface area contributed by atoms with Gasteiger partial charge in [0.15, 0.2) is 17.6 Å². The van der Waals surface area contributed by atoms with Gasteiger partial charge < -0.3 is 9.47 Å². The number of fused-ring (bicyclic) bond motifs is 1. The fraction of sp³-hybridized carbons (Fsp3) is 0.259. The number of nitrogens with zero attached hydrogens (tertiary/aromatic N) is 2. The van der Waals surface area contributed by atoms with Crippen molar-refractivity contribution in [1.82, 2.24) is 9.96 Å². The Balaban J connectivity index is 1.36. The maximum atomic E-state index is 13.4. The molecule has 5 rings (SSSR count). The Morgan fingerprint density at radius 3 is 2.37 bits per heavy atom. The van der Waals surface area contributed by atoms with E-state index in [4.69, 9.17) is 14.3 Å². The molecule has 3 aromatic rings. The summed E-state index contributed by atoms with van der Waals surface area (Å²) in [6.45, 7) is 0.458. The number of hydrogen-bond acceptors (Lipinski definition) is 6. The summed E-state index contributed by atoms with van der Waals surface area (Å²) in [7, 11) is 3.25. The molecule has 2 amide bonds. The van der Waals surface area contributed by atoms with Crippen molar-refractivity contribution in [3.63, 3.8) is 0 Å². The highest BCUT2D eigenvalue weighted by molar-refractivity contribution is 6.07. The lowest BCUT2D eigenvalue weighted by molar-refractivity contribution is -0.170. The Hall–Kier alpha value is -3.75. The zero-order valence-electron chi connectivity index (χ0n) is 19.4. The van der Waals surface area contributed by atoms with Crippen molar-refractivity contribution in [1.29, 1.82) is 0 Å². The van der Waals surface area contributed by atoms with Crippen molar-refractivity contribution in [2.24, 2.45) is 5.92 Å². The molecular formula is C27H25FN2O5. The van der Waals surface area contributed by atoms with E-state index in [9.17, 15) is 14.0 Å². The number of carbonyl (C=O) groups excluding carboxylic acids is 2. The Kier molecular flexibility index (Phi) is 6.23. The molecule has 0 unspecified atom stereocenters. The molecular weight excluding hydrogens is 451 g/mol. The van der Waals surface area contributed by atoms with Crippen LogP contribution in [0.3, 0.4) is 0 Å². The van der Waals surface area contributed by atoms with Gasteiger partial charge in [0.2, 0.25) is 5.91 Å². The Bertz CT molecular complexity index is 1230. The van der Waals surface area contributed by atoms with Crippen LogP contribution in [0.1, 0.15) is 22.7 Å². The van der Waals surface area contributed by atoms with Gasteiger partial charge in [0.25, 0.3) is 5.91 Å². The first-order chi connectivity index (χ1) is 17.0. The van der Waals surface area contributed by atoms with Crippen molar-refractivity contribution in [2.75, 3.05) is 14.2 Å². The van der Waals surface area contributed by atoms with Crippen molar-refractivity contribution < 1.29 is 28.3 Å². The van der Waals surface area contributed by atoms with E-state index < -0.39 is 18.1 Å². The fourth-order valence-corrected chi connectivity index (χ4v) is 4.68. The first kappa shape index (κ1) is 23.0. The number of likely N-dealkylation sites (tertiary alicyclic amines) is 1. The highest BCUT2D eigenvalue weighted by Gasteiger charge is 2.58. The summed E-state index contributed by atoms with van der Waals surface area (Å²) in [5.74, 6) is -0.554. The predicted molar refractivity (Wildman–Crippen MR) is 125 cm³/mol. The topological polar surface area (TPSA) is 68.3 Å². The average molecular weight is 477 g/mol. The lowest BCUT2D eigenvalue weighted by atomic mass is 9.91. The molecule has 0 radical (unpaired) electrons. The van der Waals surface area contributed by atoms with Crippen LogP contribution in [0.15, 0.2) is 72.8 Å². The standard InChI is InChI=1S/C27H25FN2O5/c1-29-24(23-25(35-29)27(32)30(26(23)31)15-17-6-4-3-5-7-17)19-10-13-21(22(14-19)33-2)34-16-18-8-11-20(28)12-9-18/h3-14,23-25H,15-16H2,1-2H3/t23-,24-,25+/m1/s1. The van der Waals surface area contributed by atoms with E-state index in [0.29, 0.717) is 11.5 Å². The largest absolute Gasteiger partial charge is 0.493 e. The van der Waals surface area contributed by atoms with E-state index in [1.54, 1.807) is 36.4 Å². The molecule has 0 spiro atoms. The van der Waals surface area contributed by atoms with Gasteiger partial charge in [-0.3, -0.25) is 19.3 Å². The van der Waals surface area contributed by atoms with Crippen molar-refractivity contribution >= 4 is 11.8 Å². The molecule has 2 saturated heterocycles. The molecule has 2 aliphatic rings. The molecule has 0 aromatic heterocycles. The van der Waals surface area contributed by atoms with E-state index in [1.165, 1.54) is 24.1 Å². The number of hydroxylamine groups is 2. The van der Waals surface area contributed by atoms with Crippen molar-refractivity contribution in [3.8, 4) is 11.5 Å². The van der Waals surface area contributed by atoms with Crippen molar-refractivity contribution in [2.45, 2.75) is 25.3 Å². The molecule has 3 atom stereocenters. The molecule has 2 heterocycles. The van der Waals surface area contributed by atoms with Gasteiger partial charge in [-0.15, -0.1) is 0 Å².